The summed E-state index contributed by atoms with van der Waals surface area (Å²) in [6.45, 7) is 4.17. The Kier molecular flexibility index (Phi) is 11.0. The van der Waals surface area contributed by atoms with E-state index in [4.69, 9.17) is 18.9 Å². The fourth-order valence-corrected chi connectivity index (χ4v) is 4.22. The summed E-state index contributed by atoms with van der Waals surface area (Å²) in [7, 11) is 3.07. The lowest BCUT2D eigenvalue weighted by atomic mass is 9.90. The molecule has 6 nitrogen and oxygen atoms in total. The third-order valence-corrected chi connectivity index (χ3v) is 6.21. The molecule has 200 valence electrons. The van der Waals surface area contributed by atoms with E-state index in [1.54, 1.807) is 26.0 Å². The molecule has 38 heavy (non-hydrogen) atoms. The van der Waals surface area contributed by atoms with Gasteiger partial charge < -0.3 is 18.9 Å². The highest BCUT2D eigenvalue weighted by Gasteiger charge is 2.10. The third-order valence-electron chi connectivity index (χ3n) is 6.21. The summed E-state index contributed by atoms with van der Waals surface area (Å²) in [6, 6.07) is 13.2. The van der Waals surface area contributed by atoms with Crippen LogP contribution in [0.1, 0.15) is 47.2 Å². The van der Waals surface area contributed by atoms with Crippen LogP contribution in [0, 0.1) is 0 Å². The number of carbonyl (C=O) groups is 2. The molecule has 0 N–H and O–H groups in total. The minimum atomic E-state index is -0.428. The Labute approximate surface area is 225 Å². The van der Waals surface area contributed by atoms with Gasteiger partial charge in [0.15, 0.2) is 0 Å². The molecule has 4 aliphatic carbocycles. The second kappa shape index (κ2) is 14.6. The molecular formula is C32H36O6. The van der Waals surface area contributed by atoms with Crippen molar-refractivity contribution < 1.29 is 28.5 Å². The SMILES string of the molecule is CCOC(=O)/C=C(\C=C\c1cc2ccc1CCc1ccc(cc1/C=C/C(=C\C(=O)OCC)OC)CC2)OC. The van der Waals surface area contributed by atoms with Crippen molar-refractivity contribution in [3.63, 3.8) is 0 Å². The molecule has 0 saturated carbocycles. The molecule has 0 atom stereocenters. The van der Waals surface area contributed by atoms with Gasteiger partial charge in [-0.2, -0.15) is 0 Å². The van der Waals surface area contributed by atoms with Crippen molar-refractivity contribution in [1.29, 1.82) is 0 Å². The minimum Gasteiger partial charge on any atom is -0.496 e. The Morgan fingerprint density at radius 2 is 1.11 bits per heavy atom. The van der Waals surface area contributed by atoms with Crippen molar-refractivity contribution in [3.8, 4) is 0 Å². The van der Waals surface area contributed by atoms with Crippen molar-refractivity contribution in [1.82, 2.24) is 0 Å². The zero-order chi connectivity index (χ0) is 27.3. The second-order valence-electron chi connectivity index (χ2n) is 8.74. The largest absolute Gasteiger partial charge is 0.496 e. The highest BCUT2D eigenvalue weighted by molar-refractivity contribution is 5.83. The summed E-state index contributed by atoms with van der Waals surface area (Å²) in [5.41, 5.74) is 7.08. The van der Waals surface area contributed by atoms with Gasteiger partial charge in [-0.05, 0) is 85.1 Å². The molecule has 0 fully saturated rings. The number of carbonyl (C=O) groups excluding carboxylic acids is 2. The predicted molar refractivity (Wildman–Crippen MR) is 149 cm³/mol. The maximum atomic E-state index is 11.8. The lowest BCUT2D eigenvalue weighted by Crippen LogP contribution is -2.03. The molecule has 0 heterocycles. The zero-order valence-electron chi connectivity index (χ0n) is 22.6. The van der Waals surface area contributed by atoms with Crippen molar-refractivity contribution in [2.24, 2.45) is 0 Å². The van der Waals surface area contributed by atoms with Gasteiger partial charge in [-0.25, -0.2) is 9.59 Å². The number of ether oxygens (including phenoxy) is 4. The summed E-state index contributed by atoms with van der Waals surface area (Å²) in [5, 5.41) is 0. The average molecular weight is 517 g/mol. The van der Waals surface area contributed by atoms with Gasteiger partial charge in [0.05, 0.1) is 39.6 Å². The Morgan fingerprint density at radius 1 is 0.684 bits per heavy atom. The molecule has 0 aromatic heterocycles. The lowest BCUT2D eigenvalue weighted by Gasteiger charge is -2.15. The van der Waals surface area contributed by atoms with Gasteiger partial charge in [0.2, 0.25) is 0 Å². The molecule has 2 aromatic carbocycles. The topological polar surface area (TPSA) is 71.1 Å². The van der Waals surface area contributed by atoms with Crippen LogP contribution in [0.5, 0.6) is 0 Å². The number of hydrogen-bond donors (Lipinski definition) is 0. The van der Waals surface area contributed by atoms with E-state index in [1.165, 1.54) is 48.6 Å². The predicted octanol–water partition coefficient (Wildman–Crippen LogP) is 5.78. The Bertz CT molecular complexity index is 1150. The van der Waals surface area contributed by atoms with Crippen LogP contribution in [0.3, 0.4) is 0 Å². The van der Waals surface area contributed by atoms with Gasteiger partial charge in [0.25, 0.3) is 0 Å². The van der Waals surface area contributed by atoms with E-state index >= 15 is 0 Å². The fourth-order valence-electron chi connectivity index (χ4n) is 4.22. The first-order valence-corrected chi connectivity index (χ1v) is 12.9. The molecule has 4 aliphatic rings. The third kappa shape index (κ3) is 8.51. The van der Waals surface area contributed by atoms with Crippen molar-refractivity contribution in [2.75, 3.05) is 27.4 Å². The smallest absolute Gasteiger partial charge is 0.334 e. The Hall–Kier alpha value is -4.06. The quantitative estimate of drug-likeness (QED) is 0.172. The van der Waals surface area contributed by atoms with Crippen molar-refractivity contribution in [2.45, 2.75) is 39.5 Å². The molecule has 6 rings (SSSR count). The molecule has 4 bridgehead atoms. The monoisotopic (exact) mass is 516 g/mol. The molecule has 0 aliphatic heterocycles. The lowest BCUT2D eigenvalue weighted by molar-refractivity contribution is -0.138. The first-order chi connectivity index (χ1) is 18.4. The van der Waals surface area contributed by atoms with Crippen LogP contribution in [0.2, 0.25) is 0 Å². The molecule has 0 spiro atoms. The highest BCUT2D eigenvalue weighted by atomic mass is 16.5. The maximum absolute atomic E-state index is 11.8. The van der Waals surface area contributed by atoms with E-state index in [9.17, 15) is 9.59 Å². The summed E-state index contributed by atoms with van der Waals surface area (Å²) in [5.74, 6) is 0.0194. The number of rotatable bonds is 10. The first kappa shape index (κ1) is 28.5. The van der Waals surface area contributed by atoms with Crippen LogP contribution in [-0.2, 0) is 54.2 Å². The fraction of sp³-hybridized carbons (Fsp3) is 0.312. The highest BCUT2D eigenvalue weighted by Crippen LogP contribution is 2.24. The summed E-state index contributed by atoms with van der Waals surface area (Å²) >= 11 is 0. The Balaban J connectivity index is 1.88. The number of benzene rings is 2. The molecule has 2 aromatic rings. The van der Waals surface area contributed by atoms with E-state index in [-0.39, 0.29) is 0 Å². The number of esters is 2. The average Bonchev–Trinajstić information content (AvgIpc) is 2.91. The Morgan fingerprint density at radius 3 is 1.47 bits per heavy atom. The summed E-state index contributed by atoms with van der Waals surface area (Å²) < 4.78 is 20.7. The molecule has 0 saturated heterocycles. The molecule has 0 amide bonds. The van der Waals surface area contributed by atoms with E-state index in [0.29, 0.717) is 24.7 Å². The van der Waals surface area contributed by atoms with Crippen LogP contribution < -0.4 is 0 Å². The van der Waals surface area contributed by atoms with Crippen molar-refractivity contribution >= 4 is 24.1 Å². The molecule has 0 unspecified atom stereocenters. The molecule has 0 radical (unpaired) electrons. The van der Waals surface area contributed by atoms with Gasteiger partial charge in [-0.1, -0.05) is 48.6 Å². The number of aryl methyl sites for hydroxylation is 4. The van der Waals surface area contributed by atoms with E-state index in [2.05, 4.69) is 36.4 Å². The van der Waals surface area contributed by atoms with E-state index in [0.717, 1.165) is 36.8 Å². The van der Waals surface area contributed by atoms with E-state index < -0.39 is 11.9 Å². The van der Waals surface area contributed by atoms with Gasteiger partial charge in [0.1, 0.15) is 11.5 Å². The first-order valence-electron chi connectivity index (χ1n) is 12.9. The van der Waals surface area contributed by atoms with Gasteiger partial charge in [-0.15, -0.1) is 0 Å². The maximum Gasteiger partial charge on any atom is 0.334 e. The van der Waals surface area contributed by atoms with Crippen LogP contribution >= 0.6 is 0 Å². The van der Waals surface area contributed by atoms with Gasteiger partial charge >= 0.3 is 11.9 Å². The number of allylic oxidation sites excluding steroid dienone is 2. The molecule has 6 heteroatoms. The summed E-state index contributed by atoms with van der Waals surface area (Å²) in [6.07, 6.45) is 13.7. The minimum absolute atomic E-state index is 0.314. The van der Waals surface area contributed by atoms with E-state index in [1.807, 2.05) is 12.2 Å². The summed E-state index contributed by atoms with van der Waals surface area (Å²) in [4.78, 5) is 23.7. The van der Waals surface area contributed by atoms with Crippen LogP contribution in [0.4, 0.5) is 0 Å². The van der Waals surface area contributed by atoms with Crippen LogP contribution in [0.15, 0.2) is 72.2 Å². The zero-order valence-corrected chi connectivity index (χ0v) is 22.6. The molecular weight excluding hydrogens is 480 g/mol. The number of methoxy groups -OCH3 is 2. The van der Waals surface area contributed by atoms with Crippen molar-refractivity contribution in [3.05, 3.63) is 106 Å². The van der Waals surface area contributed by atoms with Gasteiger partial charge in [-0.3, -0.25) is 0 Å². The second-order valence-corrected chi connectivity index (χ2v) is 8.74. The standard InChI is InChI=1S/C32H36O6/c1-5-37-31(33)21-29(35-3)17-15-27-19-23-7-8-24-10-12-26(14-13-25(27)11-9-23)28(20-24)16-18-30(36-4)22-32(34)38-6-2/h9-12,15-22H,5-8,13-14H2,1-4H3/b17-15+,18-16+,29-21+,30-22+. The van der Waals surface area contributed by atoms with Crippen LogP contribution in [0.25, 0.3) is 12.2 Å². The normalized spacial score (nSPS) is 13.9. The van der Waals surface area contributed by atoms with Gasteiger partial charge in [0, 0.05) is 0 Å². The van der Waals surface area contributed by atoms with Crippen LogP contribution in [-0.4, -0.2) is 39.4 Å². The number of hydrogen-bond acceptors (Lipinski definition) is 6.